The lowest BCUT2D eigenvalue weighted by molar-refractivity contribution is -0.113. The van der Waals surface area contributed by atoms with Crippen LogP contribution in [-0.2, 0) is 16.1 Å². The Bertz CT molecular complexity index is 1420. The monoisotopic (exact) mass is 554 g/mol. The van der Waals surface area contributed by atoms with E-state index in [4.69, 9.17) is 9.47 Å². The van der Waals surface area contributed by atoms with E-state index >= 15 is 0 Å². The molecule has 198 valence electrons. The average molecular weight is 555 g/mol. The van der Waals surface area contributed by atoms with Gasteiger partial charge in [-0.1, -0.05) is 41.6 Å². The van der Waals surface area contributed by atoms with E-state index in [2.05, 4.69) is 15.5 Å². The molecule has 1 N–H and O–H groups in total. The van der Waals surface area contributed by atoms with Crippen LogP contribution >= 0.6 is 23.1 Å². The number of hydrogen-bond acceptors (Lipinski definition) is 8. The van der Waals surface area contributed by atoms with Crippen molar-refractivity contribution in [1.29, 1.82) is 0 Å². The van der Waals surface area contributed by atoms with E-state index in [0.717, 1.165) is 11.3 Å². The maximum atomic E-state index is 13.4. The number of anilines is 1. The number of nitrogens with zero attached hydrogens (tertiary/aromatic N) is 3. The van der Waals surface area contributed by atoms with Gasteiger partial charge in [-0.15, -0.1) is 21.5 Å². The Morgan fingerprint density at radius 3 is 2.50 bits per heavy atom. The Hall–Kier alpha value is -3.70. The number of carbonyl (C=O) groups is 2. The zero-order valence-electron chi connectivity index (χ0n) is 21.4. The van der Waals surface area contributed by atoms with Gasteiger partial charge in [0.2, 0.25) is 5.91 Å². The van der Waals surface area contributed by atoms with Crippen molar-refractivity contribution in [2.75, 3.05) is 18.2 Å². The topological polar surface area (TPSA) is 95.3 Å². The molecule has 2 aromatic carbocycles. The molecule has 1 amide bonds. The largest absolute Gasteiger partial charge is 0.483 e. The standard InChI is InChI=1S/C27H27FN4O4S2/c1-5-32-24(17(3)36-20-12-6-16(2)7-13-20)30-31-27(32)38-15-22(33)29-25-23(26(34)35-4)21(14-37-25)18-8-10-19(28)11-9-18/h6-14,17H,5,15H2,1-4H3,(H,29,33). The number of rotatable bonds is 10. The minimum Gasteiger partial charge on any atom is -0.483 e. The van der Waals surface area contributed by atoms with Crippen molar-refractivity contribution in [1.82, 2.24) is 14.8 Å². The van der Waals surface area contributed by atoms with Crippen LogP contribution in [0.4, 0.5) is 9.39 Å². The molecule has 0 spiro atoms. The summed E-state index contributed by atoms with van der Waals surface area (Å²) in [6, 6.07) is 13.6. The van der Waals surface area contributed by atoms with Gasteiger partial charge in [0.25, 0.3) is 0 Å². The predicted molar refractivity (Wildman–Crippen MR) is 146 cm³/mol. The minimum absolute atomic E-state index is 0.0513. The maximum Gasteiger partial charge on any atom is 0.341 e. The zero-order valence-corrected chi connectivity index (χ0v) is 23.0. The quantitative estimate of drug-likeness (QED) is 0.186. The van der Waals surface area contributed by atoms with Crippen molar-refractivity contribution in [3.05, 3.63) is 76.7 Å². The van der Waals surface area contributed by atoms with Gasteiger partial charge in [0.15, 0.2) is 17.1 Å². The van der Waals surface area contributed by atoms with Crippen molar-refractivity contribution >= 4 is 40.0 Å². The summed E-state index contributed by atoms with van der Waals surface area (Å²) in [5.41, 5.74) is 2.57. The number of thioether (sulfide) groups is 1. The number of methoxy groups -OCH3 is 1. The number of esters is 1. The molecule has 1 atom stereocenters. The molecular formula is C27H27FN4O4S2. The van der Waals surface area contributed by atoms with Crippen molar-refractivity contribution < 1.29 is 23.5 Å². The summed E-state index contributed by atoms with van der Waals surface area (Å²) in [6.45, 7) is 6.49. The second-order valence-corrected chi connectivity index (χ2v) is 10.2. The first-order chi connectivity index (χ1) is 18.3. The van der Waals surface area contributed by atoms with Crippen LogP contribution in [0.15, 0.2) is 59.1 Å². The van der Waals surface area contributed by atoms with Crippen molar-refractivity contribution in [3.8, 4) is 16.9 Å². The predicted octanol–water partition coefficient (Wildman–Crippen LogP) is 6.13. The molecule has 0 saturated heterocycles. The summed E-state index contributed by atoms with van der Waals surface area (Å²) in [7, 11) is 1.27. The van der Waals surface area contributed by atoms with Gasteiger partial charge in [0, 0.05) is 17.5 Å². The molecular weight excluding hydrogens is 527 g/mol. The molecule has 0 saturated carbocycles. The zero-order chi connectivity index (χ0) is 27.2. The van der Waals surface area contributed by atoms with Crippen molar-refractivity contribution in [3.63, 3.8) is 0 Å². The number of thiophene rings is 1. The number of halogens is 1. The molecule has 2 aromatic heterocycles. The van der Waals surface area contributed by atoms with Crippen LogP contribution < -0.4 is 10.1 Å². The van der Waals surface area contributed by atoms with Crippen LogP contribution in [0.2, 0.25) is 0 Å². The molecule has 4 rings (SSSR count). The van der Waals surface area contributed by atoms with Gasteiger partial charge in [-0.05, 0) is 50.6 Å². The van der Waals surface area contributed by atoms with Crippen LogP contribution in [0.1, 0.15) is 41.7 Å². The first-order valence-corrected chi connectivity index (χ1v) is 13.7. The molecule has 0 aliphatic heterocycles. The Kier molecular flexibility index (Phi) is 8.80. The van der Waals surface area contributed by atoms with Gasteiger partial charge in [0.05, 0.1) is 12.9 Å². The smallest absolute Gasteiger partial charge is 0.341 e. The number of benzene rings is 2. The van der Waals surface area contributed by atoms with E-state index in [1.807, 2.05) is 49.6 Å². The fourth-order valence-electron chi connectivity index (χ4n) is 3.77. The number of hydrogen-bond donors (Lipinski definition) is 1. The number of amides is 1. The van der Waals surface area contributed by atoms with Gasteiger partial charge >= 0.3 is 5.97 Å². The maximum absolute atomic E-state index is 13.4. The molecule has 2 heterocycles. The Morgan fingerprint density at radius 1 is 1.13 bits per heavy atom. The summed E-state index contributed by atoms with van der Waals surface area (Å²) in [4.78, 5) is 25.4. The molecule has 8 nitrogen and oxygen atoms in total. The molecule has 38 heavy (non-hydrogen) atoms. The van der Waals surface area contributed by atoms with E-state index in [0.29, 0.717) is 33.7 Å². The number of carbonyl (C=O) groups excluding carboxylic acids is 2. The summed E-state index contributed by atoms with van der Waals surface area (Å²) in [5.74, 6) is 0.157. The van der Waals surface area contributed by atoms with Gasteiger partial charge < -0.3 is 19.4 Å². The second kappa shape index (κ2) is 12.2. The van der Waals surface area contributed by atoms with Gasteiger partial charge in [-0.2, -0.15) is 0 Å². The highest BCUT2D eigenvalue weighted by atomic mass is 32.2. The third-order valence-electron chi connectivity index (χ3n) is 5.68. The fourth-order valence-corrected chi connectivity index (χ4v) is 5.55. The van der Waals surface area contributed by atoms with Crippen LogP contribution in [-0.4, -0.2) is 39.5 Å². The van der Waals surface area contributed by atoms with Crippen LogP contribution in [0.3, 0.4) is 0 Å². The van der Waals surface area contributed by atoms with Crippen molar-refractivity contribution in [2.45, 2.75) is 38.6 Å². The van der Waals surface area contributed by atoms with E-state index in [-0.39, 0.29) is 29.1 Å². The second-order valence-electron chi connectivity index (χ2n) is 8.35. The van der Waals surface area contributed by atoms with Gasteiger partial charge in [-0.25, -0.2) is 9.18 Å². The van der Waals surface area contributed by atoms with Crippen LogP contribution in [0, 0.1) is 12.7 Å². The summed E-state index contributed by atoms with van der Waals surface area (Å²) in [6.07, 6.45) is -0.341. The lowest BCUT2D eigenvalue weighted by Gasteiger charge is -2.15. The first kappa shape index (κ1) is 27.3. The molecule has 11 heteroatoms. The lowest BCUT2D eigenvalue weighted by Crippen LogP contribution is -2.17. The summed E-state index contributed by atoms with van der Waals surface area (Å²) < 4.78 is 26.3. The molecule has 0 radical (unpaired) electrons. The first-order valence-electron chi connectivity index (χ1n) is 11.9. The average Bonchev–Trinajstić information content (AvgIpc) is 3.52. The van der Waals surface area contributed by atoms with E-state index in [9.17, 15) is 14.0 Å². The Labute approximate surface area is 228 Å². The number of aromatic nitrogens is 3. The molecule has 0 bridgehead atoms. The van der Waals surface area contributed by atoms with E-state index in [1.165, 1.54) is 42.3 Å². The van der Waals surface area contributed by atoms with Crippen LogP contribution in [0.25, 0.3) is 11.1 Å². The normalized spacial score (nSPS) is 11.7. The highest BCUT2D eigenvalue weighted by molar-refractivity contribution is 7.99. The Morgan fingerprint density at radius 2 is 1.84 bits per heavy atom. The SMILES string of the molecule is CCn1c(SCC(=O)Nc2scc(-c3ccc(F)cc3)c2C(=O)OC)nnc1C(C)Oc1ccc(C)cc1. The van der Waals surface area contributed by atoms with E-state index in [1.54, 1.807) is 17.5 Å². The highest BCUT2D eigenvalue weighted by Crippen LogP contribution is 2.36. The number of nitrogens with one attached hydrogen (secondary N) is 1. The Balaban J connectivity index is 1.45. The summed E-state index contributed by atoms with van der Waals surface area (Å²) in [5, 5.41) is 14.1. The molecule has 4 aromatic rings. The molecule has 0 aliphatic carbocycles. The third-order valence-corrected chi connectivity index (χ3v) is 7.54. The fraction of sp³-hybridized carbons (Fsp3) is 0.259. The van der Waals surface area contributed by atoms with Gasteiger partial charge in [-0.3, -0.25) is 4.79 Å². The third kappa shape index (κ3) is 6.22. The lowest BCUT2D eigenvalue weighted by atomic mass is 10.0. The molecule has 0 aliphatic rings. The summed E-state index contributed by atoms with van der Waals surface area (Å²) >= 11 is 2.44. The highest BCUT2D eigenvalue weighted by Gasteiger charge is 2.23. The number of ether oxygens (including phenoxy) is 2. The molecule has 0 fully saturated rings. The number of aryl methyl sites for hydroxylation is 1. The minimum atomic E-state index is -0.591. The van der Waals surface area contributed by atoms with Crippen molar-refractivity contribution in [2.24, 2.45) is 0 Å². The van der Waals surface area contributed by atoms with E-state index < -0.39 is 5.97 Å². The van der Waals surface area contributed by atoms with Crippen LogP contribution in [0.5, 0.6) is 5.75 Å². The van der Waals surface area contributed by atoms with Gasteiger partial charge in [0.1, 0.15) is 22.1 Å². The molecule has 1 unspecified atom stereocenters.